The molecule has 1 unspecified atom stereocenters. The Morgan fingerprint density at radius 2 is 1.73 bits per heavy atom. The van der Waals surface area contributed by atoms with E-state index in [4.69, 9.17) is 16.3 Å². The van der Waals surface area contributed by atoms with Crippen molar-refractivity contribution < 1.29 is 37.9 Å². The number of anilines is 3. The van der Waals surface area contributed by atoms with Gasteiger partial charge in [-0.2, -0.15) is 0 Å². The van der Waals surface area contributed by atoms with Crippen LogP contribution in [0.4, 0.5) is 21.6 Å². The standard InChI is InChI=1S/C48H53ClFN9O7S/c1-66-39-28-36-33(45(52-29-51-36)53-30-12-13-35(50)34(49)26-30)27-37(39)54-41(60)10-7-18-56-19-16-31(17-20-56)57-21-23-58(24-22-57)43(62)11-4-2-3-5-25-67-40-9-6-8-32-44(40)48(65)59(47(32)64)38-14-15-42(61)55-46(38)63/h6-10,12-13,26-29,31,38H,2-5,11,14-25H2,1H3,(H,54,60)(H,51,52,53)(H,55,61,63)/b10-7+. The largest absolute Gasteiger partial charge is 0.494 e. The van der Waals surface area contributed by atoms with E-state index < -0.39 is 35.5 Å². The van der Waals surface area contributed by atoms with Crippen LogP contribution >= 0.6 is 23.4 Å². The highest BCUT2D eigenvalue weighted by Gasteiger charge is 2.45. The Balaban J connectivity index is 0.706. The molecule has 0 aliphatic carbocycles. The molecule has 0 bridgehead atoms. The first-order chi connectivity index (χ1) is 32.5. The zero-order chi connectivity index (χ0) is 47.0. The summed E-state index contributed by atoms with van der Waals surface area (Å²) in [6, 6.07) is 12.4. The molecule has 0 radical (unpaired) electrons. The molecule has 352 valence electrons. The number of likely N-dealkylation sites (tertiary alicyclic amines) is 1. The Bertz CT molecular complexity index is 2580. The second-order valence-electron chi connectivity index (χ2n) is 17.0. The van der Waals surface area contributed by atoms with E-state index in [-0.39, 0.29) is 35.2 Å². The number of methoxy groups -OCH3 is 1. The third-order valence-electron chi connectivity index (χ3n) is 12.7. The molecule has 0 saturated carbocycles. The lowest BCUT2D eigenvalue weighted by atomic mass is 10.0. The summed E-state index contributed by atoms with van der Waals surface area (Å²) in [5, 5.41) is 8.89. The number of piperidine rings is 2. The van der Waals surface area contributed by atoms with Gasteiger partial charge in [0.25, 0.3) is 11.8 Å². The van der Waals surface area contributed by atoms with Gasteiger partial charge in [-0.1, -0.05) is 36.6 Å². The number of nitrogens with one attached hydrogen (secondary N) is 3. The maximum absolute atomic E-state index is 13.7. The van der Waals surface area contributed by atoms with Crippen LogP contribution in [0.25, 0.3) is 10.9 Å². The van der Waals surface area contributed by atoms with E-state index in [1.165, 1.54) is 43.4 Å². The van der Waals surface area contributed by atoms with Gasteiger partial charge in [0.2, 0.25) is 23.6 Å². The topological polar surface area (TPSA) is 186 Å². The minimum atomic E-state index is -0.989. The van der Waals surface area contributed by atoms with Gasteiger partial charge in [-0.05, 0) is 87.3 Å². The lowest BCUT2D eigenvalue weighted by Crippen LogP contribution is -2.54. The predicted octanol–water partition coefficient (Wildman–Crippen LogP) is 6.42. The molecule has 3 fully saturated rings. The molecule has 3 saturated heterocycles. The van der Waals surface area contributed by atoms with E-state index in [0.717, 1.165) is 88.4 Å². The second kappa shape index (κ2) is 21.8. The van der Waals surface area contributed by atoms with E-state index in [1.54, 1.807) is 30.3 Å². The molecular weight excluding hydrogens is 901 g/mol. The maximum Gasteiger partial charge on any atom is 0.263 e. The number of aromatic nitrogens is 2. The van der Waals surface area contributed by atoms with Gasteiger partial charge in [-0.3, -0.25) is 48.8 Å². The van der Waals surface area contributed by atoms with Crippen LogP contribution in [0.3, 0.4) is 0 Å². The molecule has 8 rings (SSSR count). The molecule has 4 aliphatic rings. The third kappa shape index (κ3) is 11.3. The summed E-state index contributed by atoms with van der Waals surface area (Å²) in [4.78, 5) is 94.0. The van der Waals surface area contributed by atoms with Gasteiger partial charge in [0.15, 0.2) is 0 Å². The minimum Gasteiger partial charge on any atom is -0.494 e. The summed E-state index contributed by atoms with van der Waals surface area (Å²) < 4.78 is 19.3. The van der Waals surface area contributed by atoms with Crippen molar-refractivity contribution in [3.05, 3.63) is 89.0 Å². The van der Waals surface area contributed by atoms with Crippen molar-refractivity contribution in [3.8, 4) is 5.75 Å². The normalized spacial score (nSPS) is 18.5. The molecule has 67 heavy (non-hydrogen) atoms. The smallest absolute Gasteiger partial charge is 0.263 e. The average molecular weight is 955 g/mol. The molecule has 6 amide bonds. The number of rotatable bonds is 17. The molecular formula is C48H53ClFN9O7S. The zero-order valence-electron chi connectivity index (χ0n) is 37.2. The molecule has 19 heteroatoms. The Morgan fingerprint density at radius 3 is 2.49 bits per heavy atom. The second-order valence-corrected chi connectivity index (χ2v) is 18.6. The number of carbonyl (C=O) groups excluding carboxylic acids is 6. The number of imide groups is 2. The first-order valence-corrected chi connectivity index (χ1v) is 24.1. The molecule has 3 N–H and O–H groups in total. The van der Waals surface area contributed by atoms with E-state index in [2.05, 4.69) is 35.7 Å². The van der Waals surface area contributed by atoms with Crippen LogP contribution in [0.5, 0.6) is 5.75 Å². The molecule has 1 aromatic heterocycles. The van der Waals surface area contributed by atoms with Crippen molar-refractivity contribution in [1.82, 2.24) is 34.9 Å². The Labute approximate surface area is 397 Å². The number of benzene rings is 3. The van der Waals surface area contributed by atoms with E-state index in [1.807, 2.05) is 17.0 Å². The summed E-state index contributed by atoms with van der Waals surface area (Å²) in [6.07, 6.45) is 11.1. The van der Waals surface area contributed by atoms with Crippen LogP contribution in [-0.2, 0) is 19.2 Å². The molecule has 16 nitrogen and oxygen atoms in total. The first-order valence-electron chi connectivity index (χ1n) is 22.7. The maximum atomic E-state index is 13.7. The number of halogens is 2. The van der Waals surface area contributed by atoms with Crippen molar-refractivity contribution in [2.24, 2.45) is 0 Å². The predicted molar refractivity (Wildman–Crippen MR) is 253 cm³/mol. The lowest BCUT2D eigenvalue weighted by Gasteiger charge is -2.42. The van der Waals surface area contributed by atoms with Crippen molar-refractivity contribution in [2.45, 2.75) is 74.8 Å². The molecule has 0 spiro atoms. The molecule has 4 aromatic rings. The summed E-state index contributed by atoms with van der Waals surface area (Å²) >= 11 is 7.49. The van der Waals surface area contributed by atoms with Gasteiger partial charge in [-0.15, -0.1) is 11.8 Å². The van der Waals surface area contributed by atoms with Crippen LogP contribution in [-0.4, -0.2) is 136 Å². The van der Waals surface area contributed by atoms with Crippen molar-refractivity contribution in [1.29, 1.82) is 0 Å². The van der Waals surface area contributed by atoms with Gasteiger partial charge >= 0.3 is 0 Å². The van der Waals surface area contributed by atoms with E-state index in [9.17, 15) is 33.2 Å². The highest BCUT2D eigenvalue weighted by Crippen LogP contribution is 2.36. The first kappa shape index (κ1) is 47.5. The SMILES string of the molecule is COc1cc2ncnc(Nc3ccc(F)c(Cl)c3)c2cc1NC(=O)/C=C/CN1CCC(N2CCN(C(=O)CCCCCCSc3cccc4c3C(=O)N(C3CCC(=O)NC3=O)C4=O)CC2)CC1. The average Bonchev–Trinajstić information content (AvgIpc) is 3.58. The van der Waals surface area contributed by atoms with Crippen molar-refractivity contribution >= 4 is 86.9 Å². The highest BCUT2D eigenvalue weighted by molar-refractivity contribution is 7.99. The number of hydrogen-bond donors (Lipinski definition) is 3. The Hall–Kier alpha value is -5.95. The van der Waals surface area contributed by atoms with E-state index >= 15 is 0 Å². The lowest BCUT2D eigenvalue weighted by molar-refractivity contribution is -0.136. The molecule has 3 aromatic carbocycles. The van der Waals surface area contributed by atoms with Crippen molar-refractivity contribution in [2.75, 3.05) is 69.3 Å². The van der Waals surface area contributed by atoms with Gasteiger partial charge in [0.05, 0.1) is 34.5 Å². The van der Waals surface area contributed by atoms with Crippen LogP contribution in [0.15, 0.2) is 71.9 Å². The number of carbonyl (C=O) groups is 6. The fraction of sp³-hybridized carbons (Fsp3) is 0.417. The fourth-order valence-electron chi connectivity index (χ4n) is 9.12. The number of fused-ring (bicyclic) bond motifs is 2. The highest BCUT2D eigenvalue weighted by atomic mass is 35.5. The van der Waals surface area contributed by atoms with Crippen LogP contribution < -0.4 is 20.7 Å². The number of ether oxygens (including phenoxy) is 1. The van der Waals surface area contributed by atoms with Gasteiger partial charge in [0.1, 0.15) is 29.8 Å². The van der Waals surface area contributed by atoms with Gasteiger partial charge in [0, 0.05) is 79.7 Å². The fourth-order valence-corrected chi connectivity index (χ4v) is 10.4. The molecule has 1 atom stereocenters. The summed E-state index contributed by atoms with van der Waals surface area (Å²) in [6.45, 7) is 5.65. The van der Waals surface area contributed by atoms with Gasteiger partial charge in [-0.25, -0.2) is 14.4 Å². The van der Waals surface area contributed by atoms with Crippen molar-refractivity contribution in [3.63, 3.8) is 0 Å². The number of amides is 6. The molecule has 5 heterocycles. The number of hydrogen-bond acceptors (Lipinski definition) is 13. The summed E-state index contributed by atoms with van der Waals surface area (Å²) in [7, 11) is 1.52. The van der Waals surface area contributed by atoms with Gasteiger partial charge < -0.3 is 20.3 Å². The van der Waals surface area contributed by atoms with Crippen LogP contribution in [0, 0.1) is 5.82 Å². The van der Waals surface area contributed by atoms with Crippen LogP contribution in [0.1, 0.15) is 78.5 Å². The number of thioether (sulfide) groups is 1. The van der Waals surface area contributed by atoms with E-state index in [0.29, 0.717) is 63.3 Å². The number of nitrogens with zero attached hydrogens (tertiary/aromatic N) is 6. The Morgan fingerprint density at radius 1 is 0.940 bits per heavy atom. The minimum absolute atomic E-state index is 0.0229. The zero-order valence-corrected chi connectivity index (χ0v) is 38.8. The summed E-state index contributed by atoms with van der Waals surface area (Å²) in [5.41, 5.74) is 2.19. The Kier molecular flexibility index (Phi) is 15.5. The monoisotopic (exact) mass is 953 g/mol. The number of piperazine rings is 1. The van der Waals surface area contributed by atoms with Crippen LogP contribution in [0.2, 0.25) is 5.02 Å². The number of unbranched alkanes of at least 4 members (excludes halogenated alkanes) is 3. The third-order valence-corrected chi connectivity index (χ3v) is 14.2. The quantitative estimate of drug-likeness (QED) is 0.0456. The summed E-state index contributed by atoms with van der Waals surface area (Å²) in [5.74, 6) is -1.01. The molecule has 4 aliphatic heterocycles.